The Morgan fingerprint density at radius 2 is 1.00 bits per heavy atom. The van der Waals surface area contributed by atoms with Crippen LogP contribution in [0.4, 0.5) is 0 Å². The number of imidazole rings is 1. The Morgan fingerprint density at radius 1 is 0.580 bits per heavy atom. The van der Waals surface area contributed by atoms with Crippen molar-refractivity contribution in [2.45, 2.75) is 155 Å². The molecule has 26 nitrogen and oxygen atoms in total. The fraction of sp³-hybridized carbons (Fsp3) is 0.698. The Labute approximate surface area is 401 Å². The zero-order valence-corrected chi connectivity index (χ0v) is 40.8. The number of nitrogens with two attached hydrogens (primary N) is 3. The Morgan fingerprint density at radius 3 is 1.45 bits per heavy atom. The molecule has 26 heteroatoms. The number of aromatic amines is 1. The van der Waals surface area contributed by atoms with Crippen molar-refractivity contribution in [2.75, 3.05) is 13.2 Å². The molecule has 18 N–H and O–H groups in total. The monoisotopic (exact) mass is 982 g/mol. The lowest BCUT2D eigenvalue weighted by atomic mass is 9.96. The number of aliphatic hydroxyl groups is 3. The van der Waals surface area contributed by atoms with Crippen LogP contribution in [-0.4, -0.2) is 158 Å². The standard InChI is InChI=1S/C43H75N13O13/c1-10-22(8)33(42(68)52-29(16-57)35(46)61)55-39(65)27(12-20(4)5)49-38(64)28(13-24-15-47-18-48-24)50-37(63)26(11-19(2)3)51-43(69)34(23(9)59)56-40(66)30(17-58)53-41(67)32(21(6)7)54-36(62)25(44)14-31(45)60/h15,18-23,25-30,32-34,57-59H,10-14,16-17,44H2,1-9H3,(H2,45,60)(H2,46,61)(H,47,48)(H,49,64)(H,50,63)(H,51,69)(H,52,68)(H,53,67)(H,54,62)(H,55,65)(H,56,66)/t22-,23+,25-,26-,27-,28-,29-,30-,32-,33-,34-/m0/s1. The van der Waals surface area contributed by atoms with Crippen LogP contribution in [0.25, 0.3) is 0 Å². The summed E-state index contributed by atoms with van der Waals surface area (Å²) in [5.41, 5.74) is 16.5. The van der Waals surface area contributed by atoms with Crippen molar-refractivity contribution >= 4 is 59.1 Å². The smallest absolute Gasteiger partial charge is 0.245 e. The number of amides is 10. The first-order valence-electron chi connectivity index (χ1n) is 22.8. The van der Waals surface area contributed by atoms with Gasteiger partial charge in [0.25, 0.3) is 0 Å². The fourth-order valence-corrected chi connectivity index (χ4v) is 6.68. The predicted molar refractivity (Wildman–Crippen MR) is 248 cm³/mol. The van der Waals surface area contributed by atoms with Gasteiger partial charge in [-0.05, 0) is 43.4 Å². The quantitative estimate of drug-likeness (QED) is 0.0330. The number of aliphatic hydroxyl groups excluding tert-OH is 3. The molecule has 11 atom stereocenters. The summed E-state index contributed by atoms with van der Waals surface area (Å²) < 4.78 is 0. The van der Waals surface area contributed by atoms with Gasteiger partial charge in [0.05, 0.1) is 38.1 Å². The number of rotatable bonds is 31. The van der Waals surface area contributed by atoms with Crippen molar-refractivity contribution in [1.29, 1.82) is 0 Å². The molecule has 0 aliphatic heterocycles. The molecule has 0 saturated heterocycles. The van der Waals surface area contributed by atoms with Crippen LogP contribution in [0, 0.1) is 23.7 Å². The van der Waals surface area contributed by atoms with Crippen molar-refractivity contribution in [3.8, 4) is 0 Å². The molecular weight excluding hydrogens is 907 g/mol. The van der Waals surface area contributed by atoms with E-state index < -0.39 is 151 Å². The highest BCUT2D eigenvalue weighted by atomic mass is 16.3. The van der Waals surface area contributed by atoms with E-state index in [-0.39, 0.29) is 31.1 Å². The van der Waals surface area contributed by atoms with Crippen LogP contribution in [0.5, 0.6) is 0 Å². The molecule has 0 bridgehead atoms. The molecule has 0 radical (unpaired) electrons. The number of H-pyrrole nitrogens is 1. The van der Waals surface area contributed by atoms with E-state index in [1.807, 2.05) is 0 Å². The average molecular weight is 982 g/mol. The van der Waals surface area contributed by atoms with Crippen LogP contribution in [0.1, 0.15) is 93.7 Å². The number of hydrogen-bond acceptors (Lipinski definition) is 15. The summed E-state index contributed by atoms with van der Waals surface area (Å²) in [4.78, 5) is 138. The van der Waals surface area contributed by atoms with E-state index in [9.17, 15) is 63.3 Å². The lowest BCUT2D eigenvalue weighted by Gasteiger charge is -2.30. The van der Waals surface area contributed by atoms with Gasteiger partial charge in [0.2, 0.25) is 59.1 Å². The van der Waals surface area contributed by atoms with E-state index >= 15 is 0 Å². The van der Waals surface area contributed by atoms with E-state index in [4.69, 9.17) is 17.2 Å². The van der Waals surface area contributed by atoms with E-state index in [0.717, 1.165) is 6.92 Å². The van der Waals surface area contributed by atoms with Crippen molar-refractivity contribution in [3.63, 3.8) is 0 Å². The first-order valence-corrected chi connectivity index (χ1v) is 22.8. The van der Waals surface area contributed by atoms with E-state index in [2.05, 4.69) is 52.5 Å². The summed E-state index contributed by atoms with van der Waals surface area (Å²) in [6.07, 6.45) is 0.866. The summed E-state index contributed by atoms with van der Waals surface area (Å²) in [5.74, 6) is -10.7. The summed E-state index contributed by atoms with van der Waals surface area (Å²) in [5, 5.41) is 50.0. The normalized spacial score (nSPS) is 16.2. The van der Waals surface area contributed by atoms with Gasteiger partial charge in [0.15, 0.2) is 0 Å². The van der Waals surface area contributed by atoms with Gasteiger partial charge in [-0.25, -0.2) is 4.98 Å². The molecule has 1 aromatic heterocycles. The van der Waals surface area contributed by atoms with Gasteiger partial charge in [0, 0.05) is 18.3 Å². The molecule has 0 spiro atoms. The molecule has 390 valence electrons. The second-order valence-corrected chi connectivity index (χ2v) is 18.2. The Hall–Kier alpha value is -6.25. The second-order valence-electron chi connectivity index (χ2n) is 18.2. The number of nitrogens with one attached hydrogen (secondary N) is 9. The highest BCUT2D eigenvalue weighted by Crippen LogP contribution is 2.13. The zero-order chi connectivity index (χ0) is 52.9. The van der Waals surface area contributed by atoms with E-state index in [0.29, 0.717) is 12.1 Å². The number of nitrogens with zero attached hydrogens (tertiary/aromatic N) is 1. The highest BCUT2D eigenvalue weighted by Gasteiger charge is 2.37. The molecule has 0 saturated carbocycles. The van der Waals surface area contributed by atoms with Crippen LogP contribution >= 0.6 is 0 Å². The summed E-state index contributed by atoms with van der Waals surface area (Å²) in [7, 11) is 0. The lowest BCUT2D eigenvalue weighted by Crippen LogP contribution is -2.63. The number of hydrogen-bond donors (Lipinski definition) is 15. The second kappa shape index (κ2) is 29.6. The number of primary amides is 2. The van der Waals surface area contributed by atoms with Crippen molar-refractivity contribution in [1.82, 2.24) is 52.5 Å². The molecule has 1 heterocycles. The third kappa shape index (κ3) is 20.9. The van der Waals surface area contributed by atoms with Crippen molar-refractivity contribution in [2.24, 2.45) is 40.9 Å². The van der Waals surface area contributed by atoms with Crippen LogP contribution in [-0.2, 0) is 54.4 Å². The van der Waals surface area contributed by atoms with E-state index in [1.54, 1.807) is 55.4 Å². The van der Waals surface area contributed by atoms with Gasteiger partial charge in [-0.3, -0.25) is 47.9 Å². The molecule has 0 aromatic carbocycles. The van der Waals surface area contributed by atoms with Crippen LogP contribution in [0.15, 0.2) is 12.5 Å². The SMILES string of the molecule is CC[C@H](C)[C@H](NC(=O)[C@H](CC(C)C)NC(=O)[C@H](Cc1cnc[nH]1)NC(=O)[C@H](CC(C)C)NC(=O)[C@@H](NC(=O)[C@H](CO)NC(=O)[C@@H](NC(=O)[C@@H](N)CC(N)=O)C(C)C)[C@@H](C)O)C(=O)N[C@@H](CO)C(N)=O. The summed E-state index contributed by atoms with van der Waals surface area (Å²) in [6, 6.07) is -12.9. The zero-order valence-electron chi connectivity index (χ0n) is 40.8. The largest absolute Gasteiger partial charge is 0.394 e. The van der Waals surface area contributed by atoms with Gasteiger partial charge in [0.1, 0.15) is 48.3 Å². The number of aromatic nitrogens is 2. The number of carbonyl (C=O) groups is 10. The minimum Gasteiger partial charge on any atom is -0.394 e. The topological polar surface area (TPSA) is 434 Å². The Balaban J connectivity index is 3.41. The molecule has 0 unspecified atom stereocenters. The van der Waals surface area contributed by atoms with Crippen LogP contribution in [0.3, 0.4) is 0 Å². The fourth-order valence-electron chi connectivity index (χ4n) is 6.68. The third-order valence-electron chi connectivity index (χ3n) is 10.8. The minimum absolute atomic E-state index is 0.0263. The van der Waals surface area contributed by atoms with Crippen LogP contribution < -0.4 is 59.7 Å². The van der Waals surface area contributed by atoms with Gasteiger partial charge in [-0.2, -0.15) is 0 Å². The first kappa shape index (κ1) is 60.8. The molecule has 1 rings (SSSR count). The van der Waals surface area contributed by atoms with Gasteiger partial charge >= 0.3 is 0 Å². The highest BCUT2D eigenvalue weighted by molar-refractivity contribution is 5.98. The van der Waals surface area contributed by atoms with Gasteiger partial charge in [-0.15, -0.1) is 0 Å². The van der Waals surface area contributed by atoms with Gasteiger partial charge < -0.3 is 80.0 Å². The molecule has 0 aliphatic rings. The van der Waals surface area contributed by atoms with Crippen LogP contribution in [0.2, 0.25) is 0 Å². The predicted octanol–water partition coefficient (Wildman–Crippen LogP) is -5.32. The van der Waals surface area contributed by atoms with Crippen molar-refractivity contribution < 1.29 is 63.3 Å². The van der Waals surface area contributed by atoms with E-state index in [1.165, 1.54) is 12.5 Å². The Kier molecular flexibility index (Phi) is 26.1. The third-order valence-corrected chi connectivity index (χ3v) is 10.8. The lowest BCUT2D eigenvalue weighted by molar-refractivity contribution is -0.138. The molecule has 0 fully saturated rings. The molecular formula is C43H75N13O13. The Bertz CT molecular complexity index is 1900. The molecule has 0 aliphatic carbocycles. The number of carbonyl (C=O) groups excluding carboxylic acids is 10. The molecule has 10 amide bonds. The molecule has 69 heavy (non-hydrogen) atoms. The first-order chi connectivity index (χ1) is 32.2. The summed E-state index contributed by atoms with van der Waals surface area (Å²) in [6.45, 7) is 13.0. The average Bonchev–Trinajstić information content (AvgIpc) is 3.78. The maximum Gasteiger partial charge on any atom is 0.245 e. The maximum absolute atomic E-state index is 14.2. The summed E-state index contributed by atoms with van der Waals surface area (Å²) >= 11 is 0. The molecule has 1 aromatic rings. The minimum atomic E-state index is -1.77. The van der Waals surface area contributed by atoms with Gasteiger partial charge in [-0.1, -0.05) is 61.8 Å². The van der Waals surface area contributed by atoms with Crippen molar-refractivity contribution in [3.05, 3.63) is 18.2 Å². The maximum atomic E-state index is 14.2.